The van der Waals surface area contributed by atoms with Crippen molar-refractivity contribution in [1.29, 1.82) is 0 Å². The van der Waals surface area contributed by atoms with E-state index in [-0.39, 0.29) is 13.2 Å². The van der Waals surface area contributed by atoms with E-state index < -0.39 is 16.0 Å². The number of aromatic nitrogens is 1. The molecule has 0 aliphatic carbocycles. The molecule has 0 amide bonds. The Hall–Kier alpha value is -2.45. The fourth-order valence-corrected chi connectivity index (χ4v) is 4.29. The summed E-state index contributed by atoms with van der Waals surface area (Å²) in [4.78, 5) is 16.6. The number of sulfonamides is 1. The first-order valence-electron chi connectivity index (χ1n) is 7.88. The average molecular weight is 390 g/mol. The Balaban J connectivity index is 1.71. The zero-order chi connectivity index (χ0) is 18.7. The van der Waals surface area contributed by atoms with Crippen LogP contribution < -0.4 is 4.31 Å². The quantitative estimate of drug-likeness (QED) is 0.605. The van der Waals surface area contributed by atoms with Crippen LogP contribution in [0.2, 0.25) is 0 Å². The number of ether oxygens (including phenoxy) is 1. The van der Waals surface area contributed by atoms with Gasteiger partial charge >= 0.3 is 5.97 Å². The molecule has 1 heterocycles. The van der Waals surface area contributed by atoms with E-state index in [1.807, 2.05) is 30.3 Å². The third-order valence-electron chi connectivity index (χ3n) is 3.75. The second kappa shape index (κ2) is 7.43. The number of carbonyl (C=O) groups excluding carboxylic acids is 1. The third-order valence-corrected chi connectivity index (χ3v) is 5.89. The van der Waals surface area contributed by atoms with Crippen molar-refractivity contribution in [1.82, 2.24) is 4.98 Å². The van der Waals surface area contributed by atoms with Crippen LogP contribution >= 0.6 is 11.3 Å². The molecule has 0 aliphatic heterocycles. The number of thiazole rings is 1. The van der Waals surface area contributed by atoms with Gasteiger partial charge in [-0.25, -0.2) is 13.4 Å². The lowest BCUT2D eigenvalue weighted by Gasteiger charge is -2.23. The van der Waals surface area contributed by atoms with E-state index >= 15 is 0 Å². The Bertz CT molecular complexity index is 1010. The van der Waals surface area contributed by atoms with Gasteiger partial charge in [-0.2, -0.15) is 0 Å². The number of hydrogen-bond donors (Lipinski definition) is 0. The van der Waals surface area contributed by atoms with Crippen molar-refractivity contribution in [2.45, 2.75) is 13.5 Å². The van der Waals surface area contributed by atoms with Crippen molar-refractivity contribution < 1.29 is 17.9 Å². The molecule has 0 fully saturated rings. The number of rotatable bonds is 6. The van der Waals surface area contributed by atoms with Gasteiger partial charge in [0.1, 0.15) is 18.2 Å². The molecule has 136 valence electrons. The van der Waals surface area contributed by atoms with Gasteiger partial charge in [0.05, 0.1) is 22.2 Å². The predicted molar refractivity (Wildman–Crippen MR) is 103 cm³/mol. The van der Waals surface area contributed by atoms with E-state index in [1.54, 1.807) is 25.1 Å². The minimum Gasteiger partial charge on any atom is -0.457 e. The number of anilines is 1. The van der Waals surface area contributed by atoms with Gasteiger partial charge in [0.2, 0.25) is 10.0 Å². The fraction of sp³-hybridized carbons (Fsp3) is 0.222. The number of para-hydroxylation sites is 2. The summed E-state index contributed by atoms with van der Waals surface area (Å²) in [5.41, 5.74) is 2.07. The monoisotopic (exact) mass is 390 g/mol. The normalized spacial score (nSPS) is 11.5. The summed E-state index contributed by atoms with van der Waals surface area (Å²) in [7, 11) is -3.62. The number of benzene rings is 2. The molecule has 0 atom stereocenters. The molecule has 1 aromatic heterocycles. The lowest BCUT2D eigenvalue weighted by Crippen LogP contribution is -2.36. The Morgan fingerprint density at radius 2 is 1.85 bits per heavy atom. The Labute approximate surface area is 156 Å². The number of carbonyl (C=O) groups is 1. The first-order chi connectivity index (χ1) is 12.3. The second-order valence-electron chi connectivity index (χ2n) is 5.79. The molecule has 3 aromatic rings. The van der Waals surface area contributed by atoms with Crippen molar-refractivity contribution >= 4 is 43.2 Å². The summed E-state index contributed by atoms with van der Waals surface area (Å²) in [6.07, 6.45) is 1.07. The van der Waals surface area contributed by atoms with E-state index in [1.165, 1.54) is 11.3 Å². The molecule has 0 saturated heterocycles. The average Bonchev–Trinajstić information content (AvgIpc) is 3.01. The van der Waals surface area contributed by atoms with Crippen LogP contribution in [0.15, 0.2) is 48.5 Å². The molecular formula is C18H18N2O4S2. The van der Waals surface area contributed by atoms with Gasteiger partial charge in [-0.15, -0.1) is 11.3 Å². The zero-order valence-electron chi connectivity index (χ0n) is 14.4. The third kappa shape index (κ3) is 4.20. The lowest BCUT2D eigenvalue weighted by atomic mass is 10.2. The van der Waals surface area contributed by atoms with Crippen LogP contribution in [0.1, 0.15) is 10.6 Å². The molecule has 0 saturated carbocycles. The van der Waals surface area contributed by atoms with Crippen molar-refractivity contribution in [2.24, 2.45) is 0 Å². The smallest absolute Gasteiger partial charge is 0.327 e. The number of hydrogen-bond acceptors (Lipinski definition) is 6. The number of fused-ring (bicyclic) bond motifs is 1. The molecule has 8 heteroatoms. The van der Waals surface area contributed by atoms with E-state index in [0.717, 1.165) is 26.3 Å². The highest BCUT2D eigenvalue weighted by molar-refractivity contribution is 7.92. The molecule has 2 aromatic carbocycles. The summed E-state index contributed by atoms with van der Waals surface area (Å²) in [5.74, 6) is -0.627. The highest BCUT2D eigenvalue weighted by Gasteiger charge is 2.23. The fourth-order valence-electron chi connectivity index (χ4n) is 2.51. The standard InChI is InChI=1S/C18H18N2O4S2/c1-13-7-3-5-9-15(13)20(26(2,22)23)11-18(21)24-12-17-19-14-8-4-6-10-16(14)25-17/h3-10H,11-12H2,1-2H3. The highest BCUT2D eigenvalue weighted by atomic mass is 32.2. The van der Waals surface area contributed by atoms with Gasteiger partial charge in [0.25, 0.3) is 0 Å². The first-order valence-corrected chi connectivity index (χ1v) is 10.5. The second-order valence-corrected chi connectivity index (χ2v) is 8.81. The maximum absolute atomic E-state index is 12.2. The molecule has 0 unspecified atom stereocenters. The minimum atomic E-state index is -3.62. The van der Waals surface area contributed by atoms with E-state index in [4.69, 9.17) is 4.74 Å². The molecule has 0 N–H and O–H groups in total. The Kier molecular flexibility index (Phi) is 5.24. The maximum Gasteiger partial charge on any atom is 0.327 e. The van der Waals surface area contributed by atoms with Crippen molar-refractivity contribution in [3.8, 4) is 0 Å². The number of nitrogens with zero attached hydrogens (tertiary/aromatic N) is 2. The van der Waals surface area contributed by atoms with Gasteiger partial charge in [-0.05, 0) is 30.7 Å². The Morgan fingerprint density at radius 1 is 1.15 bits per heavy atom. The summed E-state index contributed by atoms with van der Waals surface area (Å²) < 4.78 is 31.6. The van der Waals surface area contributed by atoms with Crippen molar-refractivity contribution in [2.75, 3.05) is 17.1 Å². The van der Waals surface area contributed by atoms with Gasteiger partial charge in [0, 0.05) is 0 Å². The molecule has 0 bridgehead atoms. The highest BCUT2D eigenvalue weighted by Crippen LogP contribution is 2.23. The van der Waals surface area contributed by atoms with Gasteiger partial charge in [0.15, 0.2) is 0 Å². The molecular weight excluding hydrogens is 372 g/mol. The summed E-state index contributed by atoms with van der Waals surface area (Å²) in [5, 5.41) is 0.668. The van der Waals surface area contributed by atoms with Gasteiger partial charge in [-0.3, -0.25) is 9.10 Å². The van der Waals surface area contributed by atoms with Crippen LogP contribution in [0.4, 0.5) is 5.69 Å². The van der Waals surface area contributed by atoms with Crippen molar-refractivity contribution in [3.63, 3.8) is 0 Å². The number of aryl methyl sites for hydroxylation is 1. The molecule has 0 radical (unpaired) electrons. The van der Waals surface area contributed by atoms with E-state index in [0.29, 0.717) is 10.7 Å². The van der Waals surface area contributed by atoms with Gasteiger partial charge < -0.3 is 4.74 Å². The predicted octanol–water partition coefficient (Wildman–Crippen LogP) is 3.11. The Morgan fingerprint density at radius 3 is 2.54 bits per heavy atom. The number of esters is 1. The SMILES string of the molecule is Cc1ccccc1N(CC(=O)OCc1nc2ccccc2s1)S(C)(=O)=O. The molecule has 26 heavy (non-hydrogen) atoms. The largest absolute Gasteiger partial charge is 0.457 e. The summed E-state index contributed by atoms with van der Waals surface area (Å²) in [6, 6.07) is 14.6. The van der Waals surface area contributed by atoms with E-state index in [9.17, 15) is 13.2 Å². The maximum atomic E-state index is 12.2. The molecule has 6 nitrogen and oxygen atoms in total. The van der Waals surface area contributed by atoms with Crippen LogP contribution in [-0.4, -0.2) is 32.2 Å². The molecule has 0 spiro atoms. The topological polar surface area (TPSA) is 76.6 Å². The summed E-state index contributed by atoms with van der Waals surface area (Å²) >= 11 is 1.44. The van der Waals surface area contributed by atoms with Crippen LogP contribution in [-0.2, 0) is 26.2 Å². The summed E-state index contributed by atoms with van der Waals surface area (Å²) in [6.45, 7) is 1.43. The van der Waals surface area contributed by atoms with Crippen LogP contribution in [0.3, 0.4) is 0 Å². The van der Waals surface area contributed by atoms with Crippen LogP contribution in [0.25, 0.3) is 10.2 Å². The van der Waals surface area contributed by atoms with Crippen LogP contribution in [0, 0.1) is 6.92 Å². The lowest BCUT2D eigenvalue weighted by molar-refractivity contribution is -0.143. The van der Waals surface area contributed by atoms with E-state index in [2.05, 4.69) is 4.98 Å². The van der Waals surface area contributed by atoms with Crippen molar-refractivity contribution in [3.05, 3.63) is 59.1 Å². The van der Waals surface area contributed by atoms with Gasteiger partial charge in [-0.1, -0.05) is 30.3 Å². The zero-order valence-corrected chi connectivity index (χ0v) is 16.0. The van der Waals surface area contributed by atoms with Crippen LogP contribution in [0.5, 0.6) is 0 Å². The minimum absolute atomic E-state index is 0.0174. The molecule has 3 rings (SSSR count). The molecule has 0 aliphatic rings. The first kappa shape index (κ1) is 18.3.